The van der Waals surface area contributed by atoms with E-state index in [1.165, 1.54) is 23.9 Å². The summed E-state index contributed by atoms with van der Waals surface area (Å²) in [4.78, 5) is 28.7. The highest BCUT2D eigenvalue weighted by molar-refractivity contribution is 7.99. The molecule has 3 aromatic rings. The lowest BCUT2D eigenvalue weighted by atomic mass is 10.2. The number of esters is 1. The molecule has 1 heterocycles. The topological polar surface area (TPSA) is 73.2 Å². The second kappa shape index (κ2) is 9.28. The molecular weight excluding hydrogens is 417 g/mol. The third-order valence-corrected chi connectivity index (χ3v) is 5.29. The van der Waals surface area contributed by atoms with Crippen molar-refractivity contribution in [2.24, 2.45) is 0 Å². The van der Waals surface area contributed by atoms with Gasteiger partial charge in [0, 0.05) is 11.6 Å². The van der Waals surface area contributed by atoms with Crippen molar-refractivity contribution in [3.8, 4) is 0 Å². The lowest BCUT2D eigenvalue weighted by molar-refractivity contribution is -0.113. The summed E-state index contributed by atoms with van der Waals surface area (Å²) in [5.41, 5.74) is 1.99. The first-order valence-electron chi connectivity index (χ1n) is 8.98. The first-order valence-corrected chi connectivity index (χ1v) is 10.3. The quantitative estimate of drug-likeness (QED) is 0.428. The number of carbonyl (C=O) groups is 2. The normalized spacial score (nSPS) is 10.9. The number of imidazole rings is 1. The number of nitrogens with one attached hydrogen (secondary N) is 1. The molecule has 0 unspecified atom stereocenters. The second-order valence-electron chi connectivity index (χ2n) is 6.02. The Bertz CT molecular complexity index is 1070. The molecule has 3 rings (SSSR count). The van der Waals surface area contributed by atoms with Gasteiger partial charge in [-0.05, 0) is 50.2 Å². The number of fused-ring (bicyclic) bond motifs is 1. The molecule has 0 aliphatic carbocycles. The number of aromatic nitrogens is 2. The number of ether oxygens (including phenoxy) is 1. The highest BCUT2D eigenvalue weighted by atomic mass is 35.5. The first kappa shape index (κ1) is 21.1. The molecule has 0 aliphatic heterocycles. The van der Waals surface area contributed by atoms with Crippen LogP contribution in [0.25, 0.3) is 11.0 Å². The number of benzene rings is 2. The van der Waals surface area contributed by atoms with Crippen LogP contribution in [0.15, 0.2) is 41.6 Å². The van der Waals surface area contributed by atoms with Gasteiger partial charge < -0.3 is 14.6 Å². The number of hydrogen-bond acceptors (Lipinski definition) is 5. The van der Waals surface area contributed by atoms with Gasteiger partial charge in [-0.2, -0.15) is 0 Å². The van der Waals surface area contributed by atoms with E-state index in [-0.39, 0.29) is 22.4 Å². The summed E-state index contributed by atoms with van der Waals surface area (Å²) in [7, 11) is 0. The molecule has 6 nitrogen and oxygen atoms in total. The Morgan fingerprint density at radius 2 is 2.03 bits per heavy atom. The third kappa shape index (κ3) is 4.89. The van der Waals surface area contributed by atoms with Crippen LogP contribution in [0.1, 0.15) is 24.2 Å². The summed E-state index contributed by atoms with van der Waals surface area (Å²) in [5.74, 6) is -1.31. The Kier molecular flexibility index (Phi) is 6.76. The van der Waals surface area contributed by atoms with Gasteiger partial charge in [-0.1, -0.05) is 23.4 Å². The van der Waals surface area contributed by atoms with Crippen molar-refractivity contribution in [1.82, 2.24) is 9.55 Å². The molecule has 1 N–H and O–H groups in total. The van der Waals surface area contributed by atoms with E-state index < -0.39 is 11.8 Å². The lowest BCUT2D eigenvalue weighted by Crippen LogP contribution is -2.15. The SMILES string of the molecule is CCOC(=O)c1ccc2c(c1)nc(SCC(=O)Nc1ccc(Cl)cc1F)n2CC. The van der Waals surface area contributed by atoms with Gasteiger partial charge in [0.2, 0.25) is 5.91 Å². The van der Waals surface area contributed by atoms with Gasteiger partial charge in [0.05, 0.1) is 34.6 Å². The van der Waals surface area contributed by atoms with Crippen molar-refractivity contribution in [2.45, 2.75) is 25.5 Å². The zero-order valence-corrected chi connectivity index (χ0v) is 17.4. The van der Waals surface area contributed by atoms with Crippen LogP contribution in [0, 0.1) is 5.82 Å². The smallest absolute Gasteiger partial charge is 0.338 e. The van der Waals surface area contributed by atoms with E-state index in [4.69, 9.17) is 16.3 Å². The number of aryl methyl sites for hydroxylation is 1. The average molecular weight is 436 g/mol. The molecule has 2 aromatic carbocycles. The number of rotatable bonds is 7. The summed E-state index contributed by atoms with van der Waals surface area (Å²) in [5, 5.41) is 3.42. The minimum absolute atomic E-state index is 0.0517. The van der Waals surface area contributed by atoms with Crippen molar-refractivity contribution in [2.75, 3.05) is 17.7 Å². The molecule has 0 bridgehead atoms. The van der Waals surface area contributed by atoms with Crippen LogP contribution in [0.4, 0.5) is 10.1 Å². The maximum absolute atomic E-state index is 13.8. The Labute approximate surface area is 176 Å². The highest BCUT2D eigenvalue weighted by Gasteiger charge is 2.15. The summed E-state index contributed by atoms with van der Waals surface area (Å²) in [6, 6.07) is 9.24. The number of halogens is 2. The largest absolute Gasteiger partial charge is 0.462 e. The van der Waals surface area contributed by atoms with E-state index in [0.717, 1.165) is 11.6 Å². The molecule has 1 aromatic heterocycles. The number of carbonyl (C=O) groups excluding carboxylic acids is 2. The summed E-state index contributed by atoms with van der Waals surface area (Å²) < 4.78 is 20.8. The lowest BCUT2D eigenvalue weighted by Gasteiger charge is -2.08. The van der Waals surface area contributed by atoms with Gasteiger partial charge in [0.1, 0.15) is 5.82 Å². The fraction of sp³-hybridized carbons (Fsp3) is 0.250. The maximum atomic E-state index is 13.8. The average Bonchev–Trinajstić information content (AvgIpc) is 3.05. The highest BCUT2D eigenvalue weighted by Crippen LogP contribution is 2.26. The van der Waals surface area contributed by atoms with Crippen molar-refractivity contribution in [1.29, 1.82) is 0 Å². The van der Waals surface area contributed by atoms with Crippen LogP contribution in [0.2, 0.25) is 5.02 Å². The van der Waals surface area contributed by atoms with Crippen LogP contribution in [-0.4, -0.2) is 33.8 Å². The van der Waals surface area contributed by atoms with Crippen LogP contribution >= 0.6 is 23.4 Å². The Morgan fingerprint density at radius 1 is 1.24 bits per heavy atom. The van der Waals surface area contributed by atoms with Gasteiger partial charge in [0.25, 0.3) is 0 Å². The molecule has 0 fully saturated rings. The molecule has 0 aliphatic rings. The number of hydrogen-bond donors (Lipinski definition) is 1. The fourth-order valence-corrected chi connectivity index (χ4v) is 3.81. The van der Waals surface area contributed by atoms with E-state index >= 15 is 0 Å². The zero-order chi connectivity index (χ0) is 21.0. The van der Waals surface area contributed by atoms with Crippen LogP contribution < -0.4 is 5.32 Å². The Balaban J connectivity index is 1.75. The van der Waals surface area contributed by atoms with E-state index in [0.29, 0.717) is 29.4 Å². The van der Waals surface area contributed by atoms with E-state index in [2.05, 4.69) is 10.3 Å². The standard InChI is InChI=1S/C20H19ClFN3O3S/c1-3-25-17-8-5-12(19(27)28-4-2)9-16(17)24-20(25)29-11-18(26)23-15-7-6-13(21)10-14(15)22/h5-10H,3-4,11H2,1-2H3,(H,23,26). The second-order valence-corrected chi connectivity index (χ2v) is 7.40. The zero-order valence-electron chi connectivity index (χ0n) is 15.9. The number of nitrogens with zero attached hydrogens (tertiary/aromatic N) is 2. The predicted molar refractivity (Wildman–Crippen MR) is 112 cm³/mol. The fourth-order valence-electron chi connectivity index (χ4n) is 2.77. The molecule has 9 heteroatoms. The van der Waals surface area contributed by atoms with E-state index in [1.54, 1.807) is 19.1 Å². The molecule has 152 valence electrons. The van der Waals surface area contributed by atoms with Gasteiger partial charge in [-0.25, -0.2) is 14.2 Å². The van der Waals surface area contributed by atoms with Crippen LogP contribution in [0.3, 0.4) is 0 Å². The van der Waals surface area contributed by atoms with Crippen LogP contribution in [-0.2, 0) is 16.1 Å². The summed E-state index contributed by atoms with van der Waals surface area (Å²) in [6.07, 6.45) is 0. The summed E-state index contributed by atoms with van der Waals surface area (Å²) in [6.45, 7) is 4.65. The van der Waals surface area contributed by atoms with E-state index in [1.807, 2.05) is 17.6 Å². The van der Waals surface area contributed by atoms with Crippen molar-refractivity contribution >= 4 is 52.0 Å². The van der Waals surface area contributed by atoms with Crippen molar-refractivity contribution < 1.29 is 18.7 Å². The van der Waals surface area contributed by atoms with Crippen molar-refractivity contribution in [3.05, 3.63) is 52.8 Å². The van der Waals surface area contributed by atoms with Gasteiger partial charge in [-0.15, -0.1) is 0 Å². The maximum Gasteiger partial charge on any atom is 0.338 e. The van der Waals surface area contributed by atoms with Gasteiger partial charge in [0.15, 0.2) is 5.16 Å². The van der Waals surface area contributed by atoms with Crippen molar-refractivity contribution in [3.63, 3.8) is 0 Å². The summed E-state index contributed by atoms with van der Waals surface area (Å²) >= 11 is 6.95. The molecule has 29 heavy (non-hydrogen) atoms. The number of thioether (sulfide) groups is 1. The third-order valence-electron chi connectivity index (χ3n) is 4.08. The molecule has 0 radical (unpaired) electrons. The van der Waals surface area contributed by atoms with Crippen LogP contribution in [0.5, 0.6) is 0 Å². The molecule has 1 amide bonds. The van der Waals surface area contributed by atoms with Gasteiger partial charge >= 0.3 is 5.97 Å². The minimum atomic E-state index is -0.594. The Hall–Kier alpha value is -2.58. The minimum Gasteiger partial charge on any atom is -0.462 e. The number of amides is 1. The monoisotopic (exact) mass is 435 g/mol. The molecular formula is C20H19ClFN3O3S. The molecule has 0 spiro atoms. The van der Waals surface area contributed by atoms with E-state index in [9.17, 15) is 14.0 Å². The molecule has 0 saturated carbocycles. The predicted octanol–water partition coefficient (Wildman–Crippen LogP) is 4.76. The van der Waals surface area contributed by atoms with Gasteiger partial charge in [-0.3, -0.25) is 4.79 Å². The Morgan fingerprint density at radius 3 is 2.72 bits per heavy atom. The molecule has 0 saturated heterocycles. The first-order chi connectivity index (χ1) is 13.9. The molecule has 0 atom stereocenters. The number of anilines is 1.